The topological polar surface area (TPSA) is 59.1 Å². The average Bonchev–Trinajstić information content (AvgIpc) is 2.86. The van der Waals surface area contributed by atoms with E-state index >= 15 is 0 Å². The van der Waals surface area contributed by atoms with E-state index in [9.17, 15) is 0 Å². The van der Waals surface area contributed by atoms with E-state index < -0.39 is 0 Å². The first-order chi connectivity index (χ1) is 11.5. The molecule has 0 saturated carbocycles. The van der Waals surface area contributed by atoms with Crippen LogP contribution in [0, 0.1) is 18.8 Å². The van der Waals surface area contributed by atoms with E-state index in [2.05, 4.69) is 45.7 Å². The molecule has 24 heavy (non-hydrogen) atoms. The van der Waals surface area contributed by atoms with Gasteiger partial charge in [0.1, 0.15) is 5.82 Å². The molecule has 0 unspecified atom stereocenters. The Bertz CT molecular complexity index is 718. The maximum atomic E-state index is 5.79. The summed E-state index contributed by atoms with van der Waals surface area (Å²) in [5, 5.41) is 0. The second-order valence-corrected chi connectivity index (χ2v) is 6.30. The Kier molecular flexibility index (Phi) is 6.36. The number of imidazole rings is 1. The van der Waals surface area contributed by atoms with Crippen molar-refractivity contribution in [1.29, 1.82) is 0 Å². The molecular weight excluding hydrogens is 322 g/mol. The number of nitrogens with one attached hydrogen (secondary N) is 1. The van der Waals surface area contributed by atoms with Crippen molar-refractivity contribution in [3.8, 4) is 11.8 Å². The van der Waals surface area contributed by atoms with E-state index in [1.54, 1.807) is 0 Å². The van der Waals surface area contributed by atoms with Crippen molar-refractivity contribution in [3.63, 3.8) is 0 Å². The Morgan fingerprint density at radius 1 is 1.50 bits per heavy atom. The highest BCUT2D eigenvalue weighted by molar-refractivity contribution is 6.18. The first-order valence-corrected chi connectivity index (χ1v) is 8.65. The molecule has 0 bridgehead atoms. The molecule has 2 rings (SSSR count). The maximum absolute atomic E-state index is 5.79. The number of fused-ring (bicyclic) bond motifs is 1. The maximum Gasteiger partial charge on any atom is 0.105 e. The van der Waals surface area contributed by atoms with Gasteiger partial charge in [-0.1, -0.05) is 5.92 Å². The van der Waals surface area contributed by atoms with Gasteiger partial charge in [0.25, 0.3) is 0 Å². The number of halogens is 1. The number of alkyl halides is 1. The molecule has 0 radical (unpaired) electrons. The highest BCUT2D eigenvalue weighted by Crippen LogP contribution is 2.25. The summed E-state index contributed by atoms with van der Waals surface area (Å²) >= 11 is 5.79. The lowest BCUT2D eigenvalue weighted by Crippen LogP contribution is -2.31. The average molecular weight is 348 g/mol. The smallest absolute Gasteiger partial charge is 0.105 e. The van der Waals surface area contributed by atoms with E-state index in [1.807, 2.05) is 19.9 Å². The van der Waals surface area contributed by atoms with Gasteiger partial charge in [-0.3, -0.25) is 5.84 Å². The molecule has 1 aliphatic heterocycles. The third-order valence-corrected chi connectivity index (χ3v) is 4.56. The van der Waals surface area contributed by atoms with E-state index in [1.165, 1.54) is 17.0 Å². The highest BCUT2D eigenvalue weighted by Gasteiger charge is 2.23. The molecule has 0 amide bonds. The van der Waals surface area contributed by atoms with Gasteiger partial charge in [-0.05, 0) is 38.3 Å². The van der Waals surface area contributed by atoms with Crippen LogP contribution in [0.4, 0.5) is 0 Å². The summed E-state index contributed by atoms with van der Waals surface area (Å²) in [5.41, 5.74) is 8.36. The molecular formula is C18H26ClN5. The zero-order chi connectivity index (χ0) is 17.7. The van der Waals surface area contributed by atoms with E-state index in [4.69, 9.17) is 17.4 Å². The lowest BCUT2D eigenvalue weighted by atomic mass is 10.1. The molecule has 0 fully saturated rings. The van der Waals surface area contributed by atoms with Crippen LogP contribution < -0.4 is 11.3 Å². The number of aromatic nitrogens is 2. The summed E-state index contributed by atoms with van der Waals surface area (Å²) in [6, 6.07) is 0. The summed E-state index contributed by atoms with van der Waals surface area (Å²) in [6.07, 6.45) is 3.54. The first-order valence-electron chi connectivity index (χ1n) is 8.11. The number of nitrogens with two attached hydrogens (primary N) is 1. The van der Waals surface area contributed by atoms with Crippen LogP contribution in [0.15, 0.2) is 23.0 Å². The molecule has 130 valence electrons. The van der Waals surface area contributed by atoms with Gasteiger partial charge in [0, 0.05) is 38.0 Å². The zero-order valence-electron chi connectivity index (χ0n) is 14.9. The monoisotopic (exact) mass is 347 g/mol. The minimum Gasteiger partial charge on any atom is -0.358 e. The van der Waals surface area contributed by atoms with E-state index in [-0.39, 0.29) is 0 Å². The Morgan fingerprint density at radius 2 is 2.25 bits per heavy atom. The van der Waals surface area contributed by atoms with Gasteiger partial charge in [-0.25, -0.2) is 4.98 Å². The standard InChI is InChI=1S/C18H26ClN5/c1-5-6-17(13(2)11-15(22-20)7-9-19)24-10-8-16-18(12-24)23(4)14(3)21-16/h7,22H,8-12,20H2,1-4H3/b15-7+,17-13+. The summed E-state index contributed by atoms with van der Waals surface area (Å²) in [4.78, 5) is 6.99. The van der Waals surface area contributed by atoms with Gasteiger partial charge >= 0.3 is 0 Å². The molecule has 0 aliphatic carbocycles. The van der Waals surface area contributed by atoms with Gasteiger partial charge in [-0.2, -0.15) is 0 Å². The molecule has 1 aromatic rings. The minimum atomic E-state index is 0.434. The summed E-state index contributed by atoms with van der Waals surface area (Å²) in [6.45, 7) is 7.78. The fraction of sp³-hybridized carbons (Fsp3) is 0.500. The van der Waals surface area contributed by atoms with Crippen LogP contribution in [0.5, 0.6) is 0 Å². The second-order valence-electron chi connectivity index (χ2n) is 5.99. The van der Waals surface area contributed by atoms with Crippen LogP contribution in [0.1, 0.15) is 37.5 Å². The molecule has 0 spiro atoms. The lowest BCUT2D eigenvalue weighted by molar-refractivity contribution is 0.320. The van der Waals surface area contributed by atoms with Crippen molar-refractivity contribution in [2.75, 3.05) is 12.4 Å². The number of rotatable bonds is 5. The molecule has 5 nitrogen and oxygen atoms in total. The number of hydrogen-bond acceptors (Lipinski definition) is 4. The van der Waals surface area contributed by atoms with Crippen LogP contribution in [-0.2, 0) is 20.0 Å². The van der Waals surface area contributed by atoms with Gasteiger partial charge in [0.05, 0.1) is 23.6 Å². The highest BCUT2D eigenvalue weighted by atomic mass is 35.5. The molecule has 1 aliphatic rings. The van der Waals surface area contributed by atoms with Crippen LogP contribution in [0.3, 0.4) is 0 Å². The largest absolute Gasteiger partial charge is 0.358 e. The van der Waals surface area contributed by atoms with Crippen molar-refractivity contribution in [2.24, 2.45) is 12.9 Å². The van der Waals surface area contributed by atoms with Gasteiger partial charge in [-0.15, -0.1) is 11.6 Å². The second kappa shape index (κ2) is 8.27. The van der Waals surface area contributed by atoms with Crippen molar-refractivity contribution < 1.29 is 0 Å². The predicted octanol–water partition coefficient (Wildman–Crippen LogP) is 2.36. The predicted molar refractivity (Wildman–Crippen MR) is 99.0 cm³/mol. The first kappa shape index (κ1) is 18.4. The Labute approximate surface area is 149 Å². The number of allylic oxidation sites excluding steroid dienone is 3. The summed E-state index contributed by atoms with van der Waals surface area (Å²) in [7, 11) is 2.08. The molecule has 1 aromatic heterocycles. The molecule has 3 N–H and O–H groups in total. The molecule has 0 aromatic carbocycles. The Balaban J connectivity index is 2.30. The van der Waals surface area contributed by atoms with E-state index in [0.29, 0.717) is 12.3 Å². The van der Waals surface area contributed by atoms with Crippen LogP contribution >= 0.6 is 11.6 Å². The number of nitrogens with zero attached hydrogens (tertiary/aromatic N) is 3. The van der Waals surface area contributed by atoms with Crippen molar-refractivity contribution in [1.82, 2.24) is 19.9 Å². The van der Waals surface area contributed by atoms with E-state index in [0.717, 1.165) is 36.7 Å². The zero-order valence-corrected chi connectivity index (χ0v) is 15.7. The fourth-order valence-corrected chi connectivity index (χ4v) is 3.22. The van der Waals surface area contributed by atoms with Crippen molar-refractivity contribution in [3.05, 3.63) is 40.3 Å². The molecule has 2 heterocycles. The fourth-order valence-electron chi connectivity index (χ4n) is 3.03. The third-order valence-electron chi connectivity index (χ3n) is 4.41. The minimum absolute atomic E-state index is 0.434. The summed E-state index contributed by atoms with van der Waals surface area (Å²) in [5.74, 6) is 13.4. The number of hydrazine groups is 1. The van der Waals surface area contributed by atoms with Crippen LogP contribution in [-0.4, -0.2) is 26.9 Å². The molecule has 6 heteroatoms. The third kappa shape index (κ3) is 3.95. The van der Waals surface area contributed by atoms with Gasteiger partial charge in [0.15, 0.2) is 0 Å². The lowest BCUT2D eigenvalue weighted by Gasteiger charge is -2.30. The number of aryl methyl sites for hydroxylation is 1. The van der Waals surface area contributed by atoms with Gasteiger partial charge < -0.3 is 14.9 Å². The number of hydrogen-bond donors (Lipinski definition) is 2. The normalized spacial score (nSPS) is 15.4. The summed E-state index contributed by atoms with van der Waals surface area (Å²) < 4.78 is 2.17. The van der Waals surface area contributed by atoms with Crippen molar-refractivity contribution in [2.45, 2.75) is 40.2 Å². The Morgan fingerprint density at radius 3 is 2.88 bits per heavy atom. The quantitative estimate of drug-likeness (QED) is 0.371. The van der Waals surface area contributed by atoms with Crippen LogP contribution in [0.2, 0.25) is 0 Å². The van der Waals surface area contributed by atoms with Crippen LogP contribution in [0.25, 0.3) is 0 Å². The molecule has 0 saturated heterocycles. The Hall–Kier alpha value is -1.90. The van der Waals surface area contributed by atoms with Gasteiger partial charge in [0.2, 0.25) is 0 Å². The molecule has 0 atom stereocenters. The van der Waals surface area contributed by atoms with Crippen molar-refractivity contribution >= 4 is 11.6 Å². The SMILES string of the molecule is CC#C/C(=C(/C)C/C(=C\CCl)NN)N1CCc2nc(C)n(C)c2C1.